The van der Waals surface area contributed by atoms with Crippen molar-refractivity contribution in [1.29, 1.82) is 0 Å². The van der Waals surface area contributed by atoms with Gasteiger partial charge in [-0.15, -0.1) is 0 Å². The Morgan fingerprint density at radius 1 is 1.44 bits per heavy atom. The number of carbonyl (C=O) groups is 1. The maximum atomic E-state index is 11.5. The molecule has 0 aliphatic carbocycles. The molecule has 18 heavy (non-hydrogen) atoms. The van der Waals surface area contributed by atoms with E-state index in [1.165, 1.54) is 7.11 Å². The first-order valence-corrected chi connectivity index (χ1v) is 6.51. The lowest BCUT2D eigenvalue weighted by Crippen LogP contribution is -2.24. The molecule has 0 aliphatic rings. The Hall–Kier alpha value is -1.22. The standard InChI is InChI=1S/C14H20ClNO2/c1-5-12(9(2)3)16-13-8-10(14(17)18-4)6-7-11(13)15/h6-9,12,16H,5H2,1-4H3. The Labute approximate surface area is 113 Å². The van der Waals surface area contributed by atoms with Crippen molar-refractivity contribution in [3.63, 3.8) is 0 Å². The Kier molecular flexibility index (Phi) is 5.48. The maximum Gasteiger partial charge on any atom is 0.337 e. The van der Waals surface area contributed by atoms with Gasteiger partial charge in [0.2, 0.25) is 0 Å². The van der Waals surface area contributed by atoms with Gasteiger partial charge in [0.25, 0.3) is 0 Å². The zero-order valence-electron chi connectivity index (χ0n) is 11.3. The smallest absolute Gasteiger partial charge is 0.337 e. The highest BCUT2D eigenvalue weighted by Gasteiger charge is 2.14. The van der Waals surface area contributed by atoms with Crippen LogP contribution in [0.2, 0.25) is 5.02 Å². The predicted octanol–water partition coefficient (Wildman–Crippen LogP) is 3.97. The third-order valence-corrected chi connectivity index (χ3v) is 3.30. The molecule has 1 rings (SSSR count). The summed E-state index contributed by atoms with van der Waals surface area (Å²) in [6.45, 7) is 6.42. The lowest BCUT2D eigenvalue weighted by molar-refractivity contribution is 0.0601. The second-order valence-corrected chi connectivity index (χ2v) is 5.00. The number of rotatable bonds is 5. The van der Waals surface area contributed by atoms with Gasteiger partial charge in [-0.05, 0) is 30.5 Å². The number of anilines is 1. The molecule has 1 N–H and O–H groups in total. The molecular formula is C14H20ClNO2. The van der Waals surface area contributed by atoms with Crippen molar-refractivity contribution in [2.24, 2.45) is 5.92 Å². The first-order valence-electron chi connectivity index (χ1n) is 6.14. The lowest BCUT2D eigenvalue weighted by Gasteiger charge is -2.23. The fourth-order valence-electron chi connectivity index (χ4n) is 1.82. The van der Waals surface area contributed by atoms with E-state index in [1.807, 2.05) is 0 Å². The van der Waals surface area contributed by atoms with Crippen molar-refractivity contribution in [2.75, 3.05) is 12.4 Å². The quantitative estimate of drug-likeness (QED) is 0.822. The van der Waals surface area contributed by atoms with Gasteiger partial charge in [-0.2, -0.15) is 0 Å². The molecule has 0 radical (unpaired) electrons. The van der Waals surface area contributed by atoms with Crippen molar-refractivity contribution in [1.82, 2.24) is 0 Å². The van der Waals surface area contributed by atoms with Crippen LogP contribution in [0.5, 0.6) is 0 Å². The minimum atomic E-state index is -0.354. The van der Waals surface area contributed by atoms with Gasteiger partial charge in [-0.1, -0.05) is 32.4 Å². The van der Waals surface area contributed by atoms with Crippen molar-refractivity contribution < 1.29 is 9.53 Å². The number of ether oxygens (including phenoxy) is 1. The molecule has 3 nitrogen and oxygen atoms in total. The van der Waals surface area contributed by atoms with E-state index in [2.05, 4.69) is 26.1 Å². The summed E-state index contributed by atoms with van der Waals surface area (Å²) in [5.74, 6) is 0.139. The average Bonchev–Trinajstić information content (AvgIpc) is 2.36. The molecule has 0 heterocycles. The normalized spacial score (nSPS) is 12.3. The van der Waals surface area contributed by atoms with Gasteiger partial charge in [0.05, 0.1) is 23.4 Å². The monoisotopic (exact) mass is 269 g/mol. The molecule has 0 bridgehead atoms. The molecule has 1 aromatic carbocycles. The average molecular weight is 270 g/mol. The van der Waals surface area contributed by atoms with E-state index >= 15 is 0 Å². The molecule has 0 aliphatic heterocycles. The lowest BCUT2D eigenvalue weighted by atomic mass is 10.0. The van der Waals surface area contributed by atoms with Gasteiger partial charge in [-0.25, -0.2) is 4.79 Å². The minimum absolute atomic E-state index is 0.329. The fraction of sp³-hybridized carbons (Fsp3) is 0.500. The summed E-state index contributed by atoms with van der Waals surface area (Å²) >= 11 is 6.14. The van der Waals surface area contributed by atoms with E-state index in [4.69, 9.17) is 16.3 Å². The van der Waals surface area contributed by atoms with Crippen LogP contribution in [0.25, 0.3) is 0 Å². The van der Waals surface area contributed by atoms with Gasteiger partial charge in [0.1, 0.15) is 0 Å². The van der Waals surface area contributed by atoms with Crippen molar-refractivity contribution in [3.05, 3.63) is 28.8 Å². The summed E-state index contributed by atoms with van der Waals surface area (Å²) in [6.07, 6.45) is 0.996. The van der Waals surface area contributed by atoms with Crippen LogP contribution < -0.4 is 5.32 Å². The highest BCUT2D eigenvalue weighted by molar-refractivity contribution is 6.33. The summed E-state index contributed by atoms with van der Waals surface area (Å²) in [6, 6.07) is 5.44. The van der Waals surface area contributed by atoms with Crippen LogP contribution in [0.15, 0.2) is 18.2 Å². The predicted molar refractivity (Wildman–Crippen MR) is 75.3 cm³/mol. The van der Waals surface area contributed by atoms with Crippen LogP contribution in [0.3, 0.4) is 0 Å². The second kappa shape index (κ2) is 6.64. The summed E-state index contributed by atoms with van der Waals surface area (Å²) in [5.41, 5.74) is 1.28. The van der Waals surface area contributed by atoms with Crippen LogP contribution in [-0.2, 0) is 4.74 Å². The van der Waals surface area contributed by atoms with Gasteiger partial charge in [0, 0.05) is 6.04 Å². The zero-order chi connectivity index (χ0) is 13.7. The van der Waals surface area contributed by atoms with Crippen LogP contribution >= 0.6 is 11.6 Å². The van der Waals surface area contributed by atoms with Crippen LogP contribution in [0.1, 0.15) is 37.6 Å². The fourth-order valence-corrected chi connectivity index (χ4v) is 1.99. The zero-order valence-corrected chi connectivity index (χ0v) is 12.0. The molecule has 1 unspecified atom stereocenters. The molecule has 0 amide bonds. The first-order chi connectivity index (χ1) is 8.49. The van der Waals surface area contributed by atoms with E-state index in [0.29, 0.717) is 22.5 Å². The number of carbonyl (C=O) groups excluding carboxylic acids is 1. The Bertz CT molecular complexity index is 418. The van der Waals surface area contributed by atoms with Crippen molar-refractivity contribution in [3.8, 4) is 0 Å². The Morgan fingerprint density at radius 3 is 2.61 bits per heavy atom. The summed E-state index contributed by atoms with van der Waals surface area (Å²) < 4.78 is 4.70. The summed E-state index contributed by atoms with van der Waals surface area (Å²) in [7, 11) is 1.37. The summed E-state index contributed by atoms with van der Waals surface area (Å²) in [4.78, 5) is 11.5. The number of halogens is 1. The number of hydrogen-bond donors (Lipinski definition) is 1. The Morgan fingerprint density at radius 2 is 2.11 bits per heavy atom. The van der Waals surface area contributed by atoms with E-state index in [-0.39, 0.29) is 5.97 Å². The third-order valence-electron chi connectivity index (χ3n) is 2.97. The van der Waals surface area contributed by atoms with E-state index in [1.54, 1.807) is 18.2 Å². The molecule has 1 aromatic rings. The molecule has 0 aromatic heterocycles. The number of hydrogen-bond acceptors (Lipinski definition) is 3. The number of esters is 1. The minimum Gasteiger partial charge on any atom is -0.465 e. The largest absolute Gasteiger partial charge is 0.465 e. The van der Waals surface area contributed by atoms with E-state index < -0.39 is 0 Å². The molecule has 0 saturated heterocycles. The van der Waals surface area contributed by atoms with Crippen molar-refractivity contribution in [2.45, 2.75) is 33.2 Å². The molecule has 1 atom stereocenters. The third kappa shape index (κ3) is 3.64. The second-order valence-electron chi connectivity index (χ2n) is 4.59. The molecule has 100 valence electrons. The van der Waals surface area contributed by atoms with E-state index in [0.717, 1.165) is 12.1 Å². The number of methoxy groups -OCH3 is 1. The van der Waals surface area contributed by atoms with Crippen LogP contribution in [0, 0.1) is 5.92 Å². The highest BCUT2D eigenvalue weighted by atomic mass is 35.5. The van der Waals surface area contributed by atoms with Gasteiger partial charge >= 0.3 is 5.97 Å². The molecular weight excluding hydrogens is 250 g/mol. The number of benzene rings is 1. The molecule has 0 saturated carbocycles. The molecule has 0 fully saturated rings. The molecule has 4 heteroatoms. The van der Waals surface area contributed by atoms with Crippen molar-refractivity contribution >= 4 is 23.3 Å². The topological polar surface area (TPSA) is 38.3 Å². The van der Waals surface area contributed by atoms with Gasteiger partial charge < -0.3 is 10.1 Å². The molecule has 0 spiro atoms. The van der Waals surface area contributed by atoms with Crippen LogP contribution in [0.4, 0.5) is 5.69 Å². The SMILES string of the molecule is CCC(Nc1cc(C(=O)OC)ccc1Cl)C(C)C. The highest BCUT2D eigenvalue weighted by Crippen LogP contribution is 2.26. The van der Waals surface area contributed by atoms with E-state index in [9.17, 15) is 4.79 Å². The summed E-state index contributed by atoms with van der Waals surface area (Å²) in [5, 5.41) is 3.99. The Balaban J connectivity index is 2.97. The first kappa shape index (κ1) is 14.8. The number of nitrogens with one attached hydrogen (secondary N) is 1. The van der Waals surface area contributed by atoms with Gasteiger partial charge in [-0.3, -0.25) is 0 Å². The van der Waals surface area contributed by atoms with Crippen LogP contribution in [-0.4, -0.2) is 19.1 Å². The van der Waals surface area contributed by atoms with Gasteiger partial charge in [0.15, 0.2) is 0 Å². The maximum absolute atomic E-state index is 11.5.